The molecule has 92 valence electrons. The van der Waals surface area contributed by atoms with Crippen LogP contribution in [0.4, 0.5) is 13.2 Å². The molecule has 2 aromatic heterocycles. The highest BCUT2D eigenvalue weighted by molar-refractivity contribution is 7.99. The minimum Gasteiger partial charge on any atom is -0.216 e. The van der Waals surface area contributed by atoms with E-state index in [0.29, 0.717) is 16.5 Å². The number of nitrogens with zero attached hydrogens (tertiary/aromatic N) is 4. The molecule has 8 heteroatoms. The van der Waals surface area contributed by atoms with Crippen molar-refractivity contribution in [1.29, 1.82) is 0 Å². The summed E-state index contributed by atoms with van der Waals surface area (Å²) in [6, 6.07) is 1.70. The lowest BCUT2D eigenvalue weighted by Gasteiger charge is -2.07. The summed E-state index contributed by atoms with van der Waals surface area (Å²) >= 11 is 1.10. The fourth-order valence-corrected chi connectivity index (χ4v) is 2.32. The smallest absolute Gasteiger partial charge is 0.216 e. The Morgan fingerprint density at radius 3 is 2.88 bits per heavy atom. The maximum Gasteiger partial charge on any atom is 0.389 e. The van der Waals surface area contributed by atoms with Gasteiger partial charge in [0, 0.05) is 11.4 Å². The molecule has 0 aliphatic carbocycles. The van der Waals surface area contributed by atoms with E-state index >= 15 is 0 Å². The van der Waals surface area contributed by atoms with Gasteiger partial charge in [-0.25, -0.2) is 4.98 Å². The molecule has 0 fully saturated rings. The Balaban J connectivity index is 2.15. The van der Waals surface area contributed by atoms with Crippen molar-refractivity contribution in [2.45, 2.75) is 24.5 Å². The lowest BCUT2D eigenvalue weighted by Crippen LogP contribution is -2.08. The number of hydrogen-bond acceptors (Lipinski definition) is 4. The average molecular weight is 262 g/mol. The first-order valence-electron chi connectivity index (χ1n) is 4.83. The second kappa shape index (κ2) is 4.52. The van der Waals surface area contributed by atoms with Gasteiger partial charge in [-0.1, -0.05) is 0 Å². The molecule has 0 unspecified atom stereocenters. The van der Waals surface area contributed by atoms with Crippen molar-refractivity contribution in [2.75, 3.05) is 5.75 Å². The van der Waals surface area contributed by atoms with Crippen LogP contribution in [0.2, 0.25) is 0 Å². The zero-order valence-corrected chi connectivity index (χ0v) is 9.72. The molecular weight excluding hydrogens is 253 g/mol. The fourth-order valence-electron chi connectivity index (χ4n) is 1.27. The number of hydrogen-bond donors (Lipinski definition) is 0. The number of aryl methyl sites for hydroxylation is 1. The van der Waals surface area contributed by atoms with E-state index in [2.05, 4.69) is 15.1 Å². The average Bonchev–Trinajstić information content (AvgIpc) is 2.63. The Bertz CT molecular complexity index is 522. The molecular formula is C9H9F3N4S. The molecule has 0 radical (unpaired) electrons. The Hall–Kier alpha value is -1.31. The molecule has 0 N–H and O–H groups in total. The minimum atomic E-state index is -4.13. The van der Waals surface area contributed by atoms with Crippen LogP contribution in [0.15, 0.2) is 17.4 Å². The molecule has 0 saturated carbocycles. The van der Waals surface area contributed by atoms with Crippen LogP contribution in [0.5, 0.6) is 0 Å². The summed E-state index contributed by atoms with van der Waals surface area (Å²) in [6.07, 6.45) is -3.62. The van der Waals surface area contributed by atoms with E-state index in [9.17, 15) is 13.2 Å². The van der Waals surface area contributed by atoms with Crippen molar-refractivity contribution in [3.05, 3.63) is 18.1 Å². The Morgan fingerprint density at radius 2 is 2.18 bits per heavy atom. The zero-order chi connectivity index (χ0) is 12.5. The lowest BCUT2D eigenvalue weighted by atomic mass is 10.5. The molecule has 0 atom stereocenters. The monoisotopic (exact) mass is 262 g/mol. The van der Waals surface area contributed by atoms with Gasteiger partial charge in [0.05, 0.1) is 6.42 Å². The largest absolute Gasteiger partial charge is 0.389 e. The maximum absolute atomic E-state index is 12.0. The highest BCUT2D eigenvalue weighted by Crippen LogP contribution is 2.26. The summed E-state index contributed by atoms with van der Waals surface area (Å²) in [5.74, 6) is 0.363. The van der Waals surface area contributed by atoms with Gasteiger partial charge < -0.3 is 0 Å². The number of thioether (sulfide) groups is 1. The van der Waals surface area contributed by atoms with Crippen LogP contribution < -0.4 is 0 Å². The summed E-state index contributed by atoms with van der Waals surface area (Å²) in [6.45, 7) is 1.77. The third-order valence-corrected chi connectivity index (χ3v) is 2.98. The van der Waals surface area contributed by atoms with Crippen LogP contribution in [0, 0.1) is 6.92 Å². The van der Waals surface area contributed by atoms with Crippen LogP contribution >= 0.6 is 11.8 Å². The van der Waals surface area contributed by atoms with Crippen molar-refractivity contribution < 1.29 is 13.2 Å². The standard InChI is InChI=1S/C9H9F3N4S/c1-6-4-7(17-3-2-9(10,11)12)16-8(15-6)13-5-14-16/h4-5H,2-3H2,1H3. The molecule has 0 aromatic carbocycles. The van der Waals surface area contributed by atoms with Crippen molar-refractivity contribution in [2.24, 2.45) is 0 Å². The predicted octanol–water partition coefficient (Wildman–Crippen LogP) is 2.48. The van der Waals surface area contributed by atoms with Crippen LogP contribution in [-0.2, 0) is 0 Å². The van der Waals surface area contributed by atoms with E-state index < -0.39 is 12.6 Å². The first-order chi connectivity index (χ1) is 7.96. The van der Waals surface area contributed by atoms with Crippen molar-refractivity contribution in [1.82, 2.24) is 19.6 Å². The highest BCUT2D eigenvalue weighted by atomic mass is 32.2. The quantitative estimate of drug-likeness (QED) is 0.629. The topological polar surface area (TPSA) is 43.1 Å². The van der Waals surface area contributed by atoms with Gasteiger partial charge in [0.1, 0.15) is 11.4 Å². The third kappa shape index (κ3) is 3.09. The Kier molecular flexibility index (Phi) is 3.23. The van der Waals surface area contributed by atoms with Crippen molar-refractivity contribution >= 4 is 17.5 Å². The molecule has 0 spiro atoms. The predicted molar refractivity (Wildman–Crippen MR) is 56.9 cm³/mol. The second-order valence-electron chi connectivity index (χ2n) is 3.42. The fraction of sp³-hybridized carbons (Fsp3) is 0.444. The minimum absolute atomic E-state index is 0.0398. The second-order valence-corrected chi connectivity index (χ2v) is 4.54. The van der Waals surface area contributed by atoms with E-state index in [4.69, 9.17) is 0 Å². The summed E-state index contributed by atoms with van der Waals surface area (Å²) in [7, 11) is 0. The molecule has 0 amide bonds. The molecule has 17 heavy (non-hydrogen) atoms. The maximum atomic E-state index is 12.0. The van der Waals surface area contributed by atoms with Gasteiger partial charge in [-0.2, -0.15) is 27.8 Å². The third-order valence-electron chi connectivity index (χ3n) is 1.98. The number of alkyl halides is 3. The van der Waals surface area contributed by atoms with Crippen LogP contribution in [0.25, 0.3) is 5.78 Å². The van der Waals surface area contributed by atoms with E-state index in [1.54, 1.807) is 13.0 Å². The highest BCUT2D eigenvalue weighted by Gasteiger charge is 2.26. The normalized spacial score (nSPS) is 12.2. The van der Waals surface area contributed by atoms with Gasteiger partial charge in [-0.05, 0) is 13.0 Å². The molecule has 2 aromatic rings. The van der Waals surface area contributed by atoms with Gasteiger partial charge >= 0.3 is 6.18 Å². The van der Waals surface area contributed by atoms with E-state index in [0.717, 1.165) is 11.8 Å². The lowest BCUT2D eigenvalue weighted by molar-refractivity contribution is -0.129. The molecule has 0 aliphatic rings. The summed E-state index contributed by atoms with van der Waals surface area (Å²) in [5, 5.41) is 4.54. The first-order valence-corrected chi connectivity index (χ1v) is 5.81. The van der Waals surface area contributed by atoms with Gasteiger partial charge in [-0.15, -0.1) is 11.8 Å². The number of aromatic nitrogens is 4. The molecule has 0 saturated heterocycles. The van der Waals surface area contributed by atoms with Crippen molar-refractivity contribution in [3.8, 4) is 0 Å². The molecule has 2 heterocycles. The summed E-state index contributed by atoms with van der Waals surface area (Å²) in [4.78, 5) is 8.01. The van der Waals surface area contributed by atoms with Crippen LogP contribution in [0.3, 0.4) is 0 Å². The van der Waals surface area contributed by atoms with Gasteiger partial charge in [0.15, 0.2) is 0 Å². The van der Waals surface area contributed by atoms with E-state index in [1.807, 2.05) is 0 Å². The first kappa shape index (κ1) is 12.2. The van der Waals surface area contributed by atoms with Crippen LogP contribution in [-0.4, -0.2) is 31.5 Å². The molecule has 4 nitrogen and oxygen atoms in total. The summed E-state index contributed by atoms with van der Waals surface area (Å²) < 4.78 is 37.5. The molecule has 0 aliphatic heterocycles. The van der Waals surface area contributed by atoms with Gasteiger partial charge in [0.2, 0.25) is 0 Å². The Morgan fingerprint density at radius 1 is 1.41 bits per heavy atom. The summed E-state index contributed by atoms with van der Waals surface area (Å²) in [5.41, 5.74) is 0.708. The SMILES string of the molecule is Cc1cc(SCCC(F)(F)F)n2ncnc2n1. The van der Waals surface area contributed by atoms with Gasteiger partial charge in [0.25, 0.3) is 5.78 Å². The molecule has 2 rings (SSSR count). The number of halogens is 3. The number of fused-ring (bicyclic) bond motifs is 1. The Labute approximate surface area is 99.3 Å². The van der Waals surface area contributed by atoms with E-state index in [1.165, 1.54) is 10.8 Å². The zero-order valence-electron chi connectivity index (χ0n) is 8.90. The van der Waals surface area contributed by atoms with Crippen molar-refractivity contribution in [3.63, 3.8) is 0 Å². The molecule has 0 bridgehead atoms. The number of rotatable bonds is 3. The van der Waals surface area contributed by atoms with Gasteiger partial charge in [-0.3, -0.25) is 0 Å². The van der Waals surface area contributed by atoms with E-state index in [-0.39, 0.29) is 5.75 Å². The van der Waals surface area contributed by atoms with Crippen LogP contribution in [0.1, 0.15) is 12.1 Å².